The van der Waals surface area contributed by atoms with Crippen molar-refractivity contribution in [2.45, 2.75) is 276 Å². The lowest BCUT2D eigenvalue weighted by Crippen LogP contribution is -2.61. The number of rotatable bonds is 48. The van der Waals surface area contributed by atoms with Gasteiger partial charge >= 0.3 is 23.9 Å². The monoisotopic (exact) mass is 1030 g/mol. The highest BCUT2D eigenvalue weighted by Crippen LogP contribution is 2.26. The summed E-state index contributed by atoms with van der Waals surface area (Å²) < 4.78 is 28.3. The second-order valence-corrected chi connectivity index (χ2v) is 19.5. The second kappa shape index (κ2) is 49.1. The van der Waals surface area contributed by atoms with Crippen LogP contribution in [0.4, 0.5) is 0 Å². The number of unbranched alkanes of at least 4 members (excludes halogenated alkanes) is 22. The van der Waals surface area contributed by atoms with Gasteiger partial charge in [0.2, 0.25) is 0 Å². The third-order valence-electron chi connectivity index (χ3n) is 12.8. The van der Waals surface area contributed by atoms with E-state index in [-0.39, 0.29) is 25.9 Å². The van der Waals surface area contributed by atoms with Gasteiger partial charge in [0, 0.05) is 19.3 Å². The van der Waals surface area contributed by atoms with Crippen molar-refractivity contribution in [3.8, 4) is 0 Å². The lowest BCUT2D eigenvalue weighted by molar-refractivity contribution is -0.301. The minimum absolute atomic E-state index is 0.00667. The largest absolute Gasteiger partial charge is 0.479 e. The minimum atomic E-state index is -1.92. The van der Waals surface area contributed by atoms with Gasteiger partial charge in [-0.05, 0) is 89.9 Å². The number of esters is 3. The van der Waals surface area contributed by atoms with Gasteiger partial charge in [0.25, 0.3) is 0 Å². The normalized spacial score (nSPS) is 18.8. The number of carboxylic acids is 1. The molecule has 12 heteroatoms. The van der Waals surface area contributed by atoms with Crippen molar-refractivity contribution in [1.82, 2.24) is 0 Å². The topological polar surface area (TPSA) is 175 Å². The fourth-order valence-electron chi connectivity index (χ4n) is 8.33. The van der Waals surface area contributed by atoms with Crippen molar-refractivity contribution in [3.63, 3.8) is 0 Å². The first kappa shape index (κ1) is 67.2. The highest BCUT2D eigenvalue weighted by atomic mass is 16.7. The van der Waals surface area contributed by atoms with Crippen LogP contribution < -0.4 is 0 Å². The number of hydrogen-bond acceptors (Lipinski definition) is 11. The summed E-state index contributed by atoms with van der Waals surface area (Å²) >= 11 is 0. The van der Waals surface area contributed by atoms with E-state index in [0.29, 0.717) is 25.7 Å². The smallest absolute Gasteiger partial charge is 0.335 e. The first-order valence-corrected chi connectivity index (χ1v) is 28.9. The van der Waals surface area contributed by atoms with Gasteiger partial charge in [0.1, 0.15) is 18.8 Å². The number of carboxylic acid groups (broad SMARTS) is 1. The van der Waals surface area contributed by atoms with E-state index >= 15 is 0 Å². The number of carbonyl (C=O) groups excluding carboxylic acids is 3. The number of carbonyl (C=O) groups is 4. The van der Waals surface area contributed by atoms with Crippen molar-refractivity contribution in [1.29, 1.82) is 0 Å². The molecule has 0 amide bonds. The molecule has 1 aliphatic heterocycles. The summed E-state index contributed by atoms with van der Waals surface area (Å²) in [5.74, 6) is -3.18. The third kappa shape index (κ3) is 39.3. The molecule has 0 spiro atoms. The van der Waals surface area contributed by atoms with Gasteiger partial charge in [0.05, 0.1) is 6.61 Å². The fraction of sp³-hybridized carbons (Fsp3) is 0.738. The first-order valence-electron chi connectivity index (χ1n) is 28.9. The maximum atomic E-state index is 13.1. The molecular weight excluding hydrogens is 925 g/mol. The SMILES string of the molecule is CC/C=C\C/C=C\C/C=C\C/C=C\CCCCC(=O)OC1C(OCC(COC(=O)CCCCCCCCC/C=C\C/C=C\CCCCC)OC(=O)CCCCCCCCCCCCC)OC(C(=O)O)C(O)C1O. The maximum absolute atomic E-state index is 13.1. The molecule has 6 unspecified atom stereocenters. The molecule has 73 heavy (non-hydrogen) atoms. The molecule has 0 aromatic heterocycles. The van der Waals surface area contributed by atoms with E-state index in [1.807, 2.05) is 0 Å². The number of aliphatic hydroxyl groups excluding tert-OH is 2. The lowest BCUT2D eigenvalue weighted by atomic mass is 9.98. The standard InChI is InChI=1S/C61H102O12/c1-4-7-10-13-16-19-22-24-26-27-29-30-33-35-38-41-44-47-53(62)69-50-52(71-54(63)48-45-42-39-36-32-21-18-15-12-9-6-3)51-70-61-59(57(66)56(65)58(73-61)60(67)68)72-55(64)49-46-43-40-37-34-31-28-25-23-20-17-14-11-8-5-2/h8,11,16-17,19-20,24-26,28,34,37,52,56-59,61,65-66H,4-7,9-10,12-15,18,21-23,27,29-33,35-36,38-51H2,1-3H3,(H,67,68)/b11-8-,19-16-,20-17-,26-24-,28-25-,37-34-. The maximum Gasteiger partial charge on any atom is 0.335 e. The average molecular weight is 1030 g/mol. The number of hydrogen-bond donors (Lipinski definition) is 3. The summed E-state index contributed by atoms with van der Waals surface area (Å²) in [6, 6.07) is 0. The Labute approximate surface area is 442 Å². The van der Waals surface area contributed by atoms with Crippen LogP contribution in [0.2, 0.25) is 0 Å². The number of aliphatic carboxylic acids is 1. The molecule has 1 rings (SSSR count). The second-order valence-electron chi connectivity index (χ2n) is 19.5. The minimum Gasteiger partial charge on any atom is -0.479 e. The Morgan fingerprint density at radius 2 is 0.863 bits per heavy atom. The van der Waals surface area contributed by atoms with Crippen LogP contribution >= 0.6 is 0 Å². The Morgan fingerprint density at radius 1 is 0.466 bits per heavy atom. The molecule has 1 heterocycles. The zero-order chi connectivity index (χ0) is 53.3. The Kier molecular flexibility index (Phi) is 45.1. The third-order valence-corrected chi connectivity index (χ3v) is 12.8. The Hall–Kier alpha value is -3.84. The molecular formula is C61H102O12. The molecule has 3 N–H and O–H groups in total. The predicted octanol–water partition coefficient (Wildman–Crippen LogP) is 14.6. The Balaban J connectivity index is 2.71. The van der Waals surface area contributed by atoms with Crippen molar-refractivity contribution < 1.29 is 58.2 Å². The molecule has 6 atom stereocenters. The zero-order valence-electron chi connectivity index (χ0n) is 45.9. The van der Waals surface area contributed by atoms with Crippen molar-refractivity contribution in [3.05, 3.63) is 72.9 Å². The molecule has 12 nitrogen and oxygen atoms in total. The molecule has 0 aromatic carbocycles. The van der Waals surface area contributed by atoms with Gasteiger partial charge in [-0.3, -0.25) is 14.4 Å². The van der Waals surface area contributed by atoms with Crippen LogP contribution in [0.15, 0.2) is 72.9 Å². The Morgan fingerprint density at radius 3 is 1.37 bits per heavy atom. The summed E-state index contributed by atoms with van der Waals surface area (Å²) in [7, 11) is 0. The summed E-state index contributed by atoms with van der Waals surface area (Å²) in [5.41, 5.74) is 0. The summed E-state index contributed by atoms with van der Waals surface area (Å²) in [5, 5.41) is 31.4. The predicted molar refractivity (Wildman–Crippen MR) is 294 cm³/mol. The highest BCUT2D eigenvalue weighted by molar-refractivity contribution is 5.74. The van der Waals surface area contributed by atoms with E-state index in [1.165, 1.54) is 83.5 Å². The van der Waals surface area contributed by atoms with Gasteiger partial charge in [-0.15, -0.1) is 0 Å². The molecule has 418 valence electrons. The van der Waals surface area contributed by atoms with Crippen LogP contribution in [0.1, 0.15) is 239 Å². The molecule has 1 aliphatic rings. The highest BCUT2D eigenvalue weighted by Gasteiger charge is 2.50. The van der Waals surface area contributed by atoms with Crippen LogP contribution in [-0.4, -0.2) is 89.2 Å². The van der Waals surface area contributed by atoms with E-state index in [0.717, 1.165) is 89.9 Å². The zero-order valence-corrected chi connectivity index (χ0v) is 45.9. The molecule has 1 saturated heterocycles. The fourth-order valence-corrected chi connectivity index (χ4v) is 8.33. The molecule has 0 aliphatic carbocycles. The van der Waals surface area contributed by atoms with Crippen molar-refractivity contribution in [2.24, 2.45) is 0 Å². The van der Waals surface area contributed by atoms with Crippen LogP contribution in [0.3, 0.4) is 0 Å². The van der Waals surface area contributed by atoms with Crippen LogP contribution in [0, 0.1) is 0 Å². The van der Waals surface area contributed by atoms with E-state index in [9.17, 15) is 34.5 Å². The van der Waals surface area contributed by atoms with Crippen molar-refractivity contribution >= 4 is 23.9 Å². The van der Waals surface area contributed by atoms with Gasteiger partial charge in [-0.1, -0.05) is 203 Å². The van der Waals surface area contributed by atoms with E-state index < -0.39 is 67.3 Å². The van der Waals surface area contributed by atoms with E-state index in [4.69, 9.17) is 23.7 Å². The molecule has 0 bridgehead atoms. The molecule has 0 saturated carbocycles. The summed E-state index contributed by atoms with van der Waals surface area (Å²) in [6.45, 7) is 5.81. The van der Waals surface area contributed by atoms with Crippen molar-refractivity contribution in [2.75, 3.05) is 13.2 Å². The number of aliphatic hydroxyl groups is 2. The van der Waals surface area contributed by atoms with E-state index in [2.05, 4.69) is 93.7 Å². The molecule has 0 radical (unpaired) electrons. The molecule has 1 fully saturated rings. The number of allylic oxidation sites excluding steroid dienone is 12. The van der Waals surface area contributed by atoms with Gasteiger partial charge < -0.3 is 39.0 Å². The van der Waals surface area contributed by atoms with Crippen LogP contribution in [0.25, 0.3) is 0 Å². The average Bonchev–Trinajstić information content (AvgIpc) is 3.37. The summed E-state index contributed by atoms with van der Waals surface area (Å²) in [4.78, 5) is 51.0. The lowest BCUT2D eigenvalue weighted by Gasteiger charge is -2.40. The van der Waals surface area contributed by atoms with Gasteiger partial charge in [0.15, 0.2) is 24.6 Å². The number of ether oxygens (including phenoxy) is 5. The quantitative estimate of drug-likeness (QED) is 0.0228. The Bertz CT molecular complexity index is 1550. The van der Waals surface area contributed by atoms with E-state index in [1.54, 1.807) is 0 Å². The van der Waals surface area contributed by atoms with Gasteiger partial charge in [-0.2, -0.15) is 0 Å². The van der Waals surface area contributed by atoms with Crippen LogP contribution in [-0.2, 0) is 42.9 Å². The first-order chi connectivity index (χ1) is 35.6. The van der Waals surface area contributed by atoms with Crippen LogP contribution in [0.5, 0.6) is 0 Å². The van der Waals surface area contributed by atoms with Gasteiger partial charge in [-0.25, -0.2) is 4.79 Å². The molecule has 0 aromatic rings. The summed E-state index contributed by atoms with van der Waals surface area (Å²) in [6.07, 6.45) is 48.8.